The SMILES string of the molecule is [C-]#[N+]c1ccc2c(c1)Oc1cc([N+]#[C-])cc3c1B2c1cc2c(-c4c(C(C)C)cc(C(C)C)cc4C(C)C)cc4c5c(cc6c(-c7c(C(C)C)cc(C(C)C)cc7C(C)C)cc-3c1c6c25)B1c2ccc(C#N)cc2Oc2cc(C#N)cc-4c21. The minimum absolute atomic E-state index is 0.179. The number of nitriles is 2. The molecule has 0 radical (unpaired) electrons. The van der Waals surface area contributed by atoms with Crippen LogP contribution in [0.5, 0.6) is 23.0 Å². The number of hydrogen-bond donors (Lipinski definition) is 0. The third-order valence-electron chi connectivity index (χ3n) is 18.6. The summed E-state index contributed by atoms with van der Waals surface area (Å²) in [5, 5.41) is 28.2. The van der Waals surface area contributed by atoms with Gasteiger partial charge in [-0.1, -0.05) is 149 Å². The molecule has 0 spiro atoms. The molecule has 14 rings (SSSR count). The van der Waals surface area contributed by atoms with Crippen LogP contribution < -0.4 is 42.3 Å². The third-order valence-corrected chi connectivity index (χ3v) is 18.6. The minimum atomic E-state index is -0.303. The van der Waals surface area contributed by atoms with Crippen LogP contribution in [0, 0.1) is 35.8 Å². The average Bonchev–Trinajstić information content (AvgIpc) is 0.789. The van der Waals surface area contributed by atoms with Crippen molar-refractivity contribution in [2.45, 2.75) is 119 Å². The van der Waals surface area contributed by atoms with Gasteiger partial charge in [0.2, 0.25) is 0 Å². The average molecular weight is 1060 g/mol. The lowest BCUT2D eigenvalue weighted by molar-refractivity contribution is 0.487. The molecular weight excluding hydrogens is 998 g/mol. The number of nitrogens with zero attached hydrogens (tertiary/aromatic N) is 4. The normalized spacial score (nSPS) is 13.1. The molecule has 0 aliphatic carbocycles. The second-order valence-corrected chi connectivity index (χ2v) is 25.4. The van der Waals surface area contributed by atoms with Gasteiger partial charge in [0.05, 0.1) is 36.4 Å². The smallest absolute Gasteiger partial charge is 0.252 e. The molecule has 0 saturated carbocycles. The van der Waals surface area contributed by atoms with E-state index in [1.165, 1.54) is 55.3 Å². The first-order valence-corrected chi connectivity index (χ1v) is 29.2. The van der Waals surface area contributed by atoms with Gasteiger partial charge in [0.1, 0.15) is 23.0 Å². The first kappa shape index (κ1) is 51.1. The van der Waals surface area contributed by atoms with Crippen molar-refractivity contribution in [2.24, 2.45) is 0 Å². The Morgan fingerprint density at radius 2 is 0.793 bits per heavy atom. The molecule has 4 aliphatic heterocycles. The Morgan fingerprint density at radius 3 is 1.23 bits per heavy atom. The van der Waals surface area contributed by atoms with E-state index >= 15 is 0 Å². The predicted octanol–water partition coefficient (Wildman–Crippen LogP) is 16.7. The van der Waals surface area contributed by atoms with Crippen LogP contribution in [0.4, 0.5) is 11.4 Å². The van der Waals surface area contributed by atoms with Crippen LogP contribution in [0.2, 0.25) is 0 Å². The van der Waals surface area contributed by atoms with E-state index in [9.17, 15) is 10.5 Å². The zero-order valence-corrected chi connectivity index (χ0v) is 48.6. The van der Waals surface area contributed by atoms with E-state index in [4.69, 9.17) is 22.6 Å². The van der Waals surface area contributed by atoms with Crippen LogP contribution in [0.1, 0.15) is 163 Å². The van der Waals surface area contributed by atoms with Gasteiger partial charge in [-0.3, -0.25) is 0 Å². The lowest BCUT2D eigenvalue weighted by Crippen LogP contribution is -2.58. The van der Waals surface area contributed by atoms with Crippen molar-refractivity contribution in [3.8, 4) is 79.6 Å². The minimum Gasteiger partial charge on any atom is -0.461 e. The van der Waals surface area contributed by atoms with E-state index in [0.29, 0.717) is 57.3 Å². The molecule has 394 valence electrons. The summed E-state index contributed by atoms with van der Waals surface area (Å²) in [6.45, 7) is 43.8. The van der Waals surface area contributed by atoms with Crippen LogP contribution in [-0.4, -0.2) is 13.4 Å². The van der Waals surface area contributed by atoms with E-state index in [0.717, 1.165) is 87.7 Å². The van der Waals surface area contributed by atoms with Crippen molar-refractivity contribution in [3.05, 3.63) is 177 Å². The molecule has 10 aromatic rings. The first-order valence-electron chi connectivity index (χ1n) is 29.2. The van der Waals surface area contributed by atoms with Gasteiger partial charge in [-0.2, -0.15) is 10.5 Å². The van der Waals surface area contributed by atoms with Gasteiger partial charge >= 0.3 is 0 Å². The molecule has 0 amide bonds. The van der Waals surface area contributed by atoms with Crippen molar-refractivity contribution < 1.29 is 9.47 Å². The fourth-order valence-corrected chi connectivity index (χ4v) is 14.7. The molecular formula is C74H60B2N4O2. The second-order valence-electron chi connectivity index (χ2n) is 25.4. The van der Waals surface area contributed by atoms with Gasteiger partial charge in [-0.05, 0) is 222 Å². The summed E-state index contributed by atoms with van der Waals surface area (Å²) in [5.74, 6) is 3.88. The van der Waals surface area contributed by atoms with Gasteiger partial charge in [-0.25, -0.2) is 9.69 Å². The molecule has 82 heavy (non-hydrogen) atoms. The highest BCUT2D eigenvalue weighted by Gasteiger charge is 2.45. The fourth-order valence-electron chi connectivity index (χ4n) is 14.7. The number of ether oxygens (including phenoxy) is 2. The standard InChI is InChI=1S/C74H60B2N4O2/c1-35(2)43-22-47(37(5)6)67(48(23-43)38(7)8)51-29-53-57-19-42(34-78)21-65-73(57)75(59-17-15-41(33-77)20-63(59)81-65)61-31-56-52(68-49(39(9)10)24-44(36(3)4)25-50(68)40(11)12)30-54-58-26-46(80-14)28-66-74(58)76(60-18-16-45(79-13)27-64(60)82-66)62-32-55(51)71(69(53)61)72(56)70(54)62/h15-32,35-40H,1-12H3. The van der Waals surface area contributed by atoms with Crippen molar-refractivity contribution in [2.75, 3.05) is 0 Å². The topological polar surface area (TPSA) is 74.8 Å². The maximum atomic E-state index is 10.9. The Bertz CT molecular complexity index is 4370. The zero-order chi connectivity index (χ0) is 57.2. The van der Waals surface area contributed by atoms with E-state index in [-0.39, 0.29) is 37.1 Å². The van der Waals surface area contributed by atoms with E-state index in [1.807, 2.05) is 36.4 Å². The first-order chi connectivity index (χ1) is 39.4. The Kier molecular flexibility index (Phi) is 11.4. The molecule has 10 aromatic carbocycles. The van der Waals surface area contributed by atoms with Gasteiger partial charge in [-0.15, -0.1) is 0 Å². The molecule has 0 atom stereocenters. The van der Waals surface area contributed by atoms with Crippen LogP contribution in [0.15, 0.2) is 109 Å². The van der Waals surface area contributed by atoms with Gasteiger partial charge in [0.25, 0.3) is 13.4 Å². The largest absolute Gasteiger partial charge is 0.461 e. The summed E-state index contributed by atoms with van der Waals surface area (Å²) in [6.07, 6.45) is 0. The Morgan fingerprint density at radius 1 is 0.378 bits per heavy atom. The number of fused-ring (bicyclic) bond motifs is 8. The van der Waals surface area contributed by atoms with Gasteiger partial charge in [0.15, 0.2) is 11.4 Å². The maximum Gasteiger partial charge on any atom is 0.252 e. The highest BCUT2D eigenvalue weighted by atomic mass is 16.5. The fraction of sp³-hybridized carbons (Fsp3) is 0.243. The second kappa shape index (κ2) is 18.2. The lowest BCUT2D eigenvalue weighted by atomic mass is 9.31. The molecule has 8 heteroatoms. The van der Waals surface area contributed by atoms with Gasteiger partial charge in [0, 0.05) is 0 Å². The highest BCUT2D eigenvalue weighted by molar-refractivity contribution is 7.01. The Balaban J connectivity index is 1.29. The van der Waals surface area contributed by atoms with Crippen LogP contribution >= 0.6 is 0 Å². The summed E-state index contributed by atoms with van der Waals surface area (Å²) >= 11 is 0. The molecule has 4 aliphatic rings. The number of hydrogen-bond acceptors (Lipinski definition) is 4. The highest BCUT2D eigenvalue weighted by Crippen LogP contribution is 2.54. The van der Waals surface area contributed by atoms with Crippen LogP contribution in [0.25, 0.3) is 86.5 Å². The lowest BCUT2D eigenvalue weighted by Gasteiger charge is -2.38. The molecule has 0 bridgehead atoms. The van der Waals surface area contributed by atoms with E-state index < -0.39 is 0 Å². The summed E-state index contributed by atoms with van der Waals surface area (Å²) in [6, 6.07) is 44.4. The zero-order valence-electron chi connectivity index (χ0n) is 48.6. The summed E-state index contributed by atoms with van der Waals surface area (Å²) in [4.78, 5) is 7.99. The Labute approximate surface area is 482 Å². The monoisotopic (exact) mass is 1060 g/mol. The van der Waals surface area contributed by atoms with Crippen molar-refractivity contribution >= 4 is 89.9 Å². The predicted molar refractivity (Wildman–Crippen MR) is 341 cm³/mol. The molecule has 0 saturated heterocycles. The quantitative estimate of drug-likeness (QED) is 0.0863. The van der Waals surface area contributed by atoms with E-state index in [2.05, 4.69) is 178 Å². The third kappa shape index (κ3) is 7.11. The van der Waals surface area contributed by atoms with Crippen molar-refractivity contribution in [1.29, 1.82) is 10.5 Å². The molecule has 0 aromatic heterocycles. The maximum absolute atomic E-state index is 10.9. The summed E-state index contributed by atoms with van der Waals surface area (Å²) < 4.78 is 13.9. The molecule has 0 fully saturated rings. The molecule has 0 unspecified atom stereocenters. The van der Waals surface area contributed by atoms with Crippen LogP contribution in [-0.2, 0) is 0 Å². The Hall–Kier alpha value is -9.07. The number of rotatable bonds is 8. The van der Waals surface area contributed by atoms with Gasteiger partial charge < -0.3 is 9.47 Å². The van der Waals surface area contributed by atoms with Crippen LogP contribution in [0.3, 0.4) is 0 Å². The van der Waals surface area contributed by atoms with Crippen molar-refractivity contribution in [3.63, 3.8) is 0 Å². The molecule has 6 nitrogen and oxygen atoms in total. The molecule has 0 N–H and O–H groups in total. The number of benzene rings is 10. The summed E-state index contributed by atoms with van der Waals surface area (Å²) in [7, 11) is 0. The summed E-state index contributed by atoms with van der Waals surface area (Å²) in [5.41, 5.74) is 25.1. The van der Waals surface area contributed by atoms with Crippen molar-refractivity contribution in [1.82, 2.24) is 0 Å². The molecule has 4 heterocycles. The van der Waals surface area contributed by atoms with E-state index in [1.54, 1.807) is 0 Å².